The number of benzene rings is 1. The molecule has 1 saturated heterocycles. The molecule has 1 aliphatic heterocycles. The van der Waals surface area contributed by atoms with Crippen LogP contribution in [0.2, 0.25) is 5.02 Å². The zero-order chi connectivity index (χ0) is 17.9. The van der Waals surface area contributed by atoms with Crippen LogP contribution in [0.1, 0.15) is 46.5 Å². The largest absolute Gasteiger partial charge is 0.443 e. The molecule has 1 atom stereocenters. The topological polar surface area (TPSA) is 72.1 Å². The minimum Gasteiger partial charge on any atom is -0.443 e. The van der Waals surface area contributed by atoms with Gasteiger partial charge in [-0.1, -0.05) is 23.7 Å². The molecule has 4 rings (SSSR count). The molecular formula is C19H17ClN4O2. The first kappa shape index (κ1) is 16.7. The van der Waals surface area contributed by atoms with Crippen molar-refractivity contribution < 1.29 is 9.21 Å². The van der Waals surface area contributed by atoms with E-state index in [0.717, 1.165) is 24.2 Å². The van der Waals surface area contributed by atoms with E-state index in [9.17, 15) is 4.79 Å². The highest BCUT2D eigenvalue weighted by atomic mass is 35.5. The van der Waals surface area contributed by atoms with Crippen molar-refractivity contribution in [2.24, 2.45) is 0 Å². The minimum atomic E-state index is -0.144. The summed E-state index contributed by atoms with van der Waals surface area (Å²) in [6, 6.07) is 9.17. The maximum absolute atomic E-state index is 12.7. The Bertz CT molecular complexity index is 895. The number of likely N-dealkylation sites (tertiary alicyclic amines) is 1. The fourth-order valence-electron chi connectivity index (χ4n) is 3.21. The van der Waals surface area contributed by atoms with Gasteiger partial charge in [0.25, 0.3) is 5.91 Å². The van der Waals surface area contributed by atoms with Crippen LogP contribution in [0.25, 0.3) is 0 Å². The molecule has 1 aliphatic rings. The molecule has 132 valence electrons. The summed E-state index contributed by atoms with van der Waals surface area (Å²) in [6.45, 7) is 0.681. The molecule has 1 amide bonds. The van der Waals surface area contributed by atoms with E-state index in [1.165, 1.54) is 12.4 Å². The summed E-state index contributed by atoms with van der Waals surface area (Å²) in [4.78, 5) is 19.0. The van der Waals surface area contributed by atoms with E-state index in [1.54, 1.807) is 17.2 Å². The van der Waals surface area contributed by atoms with Crippen molar-refractivity contribution in [1.82, 2.24) is 20.1 Å². The SMILES string of the molecule is O=C(c1ccnnc1)N1CCC[C@@H]1c1ncc(Cc2ccc(Cl)cc2)o1. The second kappa shape index (κ2) is 7.25. The predicted molar refractivity (Wildman–Crippen MR) is 95.8 cm³/mol. The van der Waals surface area contributed by atoms with Gasteiger partial charge in [-0.15, -0.1) is 0 Å². The summed E-state index contributed by atoms with van der Waals surface area (Å²) >= 11 is 5.92. The van der Waals surface area contributed by atoms with Crippen LogP contribution in [0.3, 0.4) is 0 Å². The molecule has 0 aliphatic carbocycles. The van der Waals surface area contributed by atoms with Crippen LogP contribution in [0.5, 0.6) is 0 Å². The van der Waals surface area contributed by atoms with E-state index >= 15 is 0 Å². The van der Waals surface area contributed by atoms with Gasteiger partial charge in [-0.3, -0.25) is 4.79 Å². The van der Waals surface area contributed by atoms with Crippen LogP contribution in [0.4, 0.5) is 0 Å². The van der Waals surface area contributed by atoms with E-state index in [4.69, 9.17) is 16.0 Å². The molecule has 3 aromatic rings. The number of hydrogen-bond acceptors (Lipinski definition) is 5. The lowest BCUT2D eigenvalue weighted by molar-refractivity contribution is 0.0714. The fraction of sp³-hybridized carbons (Fsp3) is 0.263. The number of amides is 1. The maximum Gasteiger partial charge on any atom is 0.256 e. The van der Waals surface area contributed by atoms with Gasteiger partial charge in [0.1, 0.15) is 11.8 Å². The van der Waals surface area contributed by atoms with Crippen molar-refractivity contribution in [3.8, 4) is 0 Å². The standard InChI is InChI=1S/C19H17ClN4O2/c20-15-5-3-13(4-6-15)10-16-12-21-18(26-16)17-2-1-9-24(17)19(25)14-7-8-22-23-11-14/h3-8,11-12,17H,1-2,9-10H2/t17-/m1/s1. The number of carbonyl (C=O) groups is 1. The number of aromatic nitrogens is 3. The van der Waals surface area contributed by atoms with Crippen molar-refractivity contribution in [1.29, 1.82) is 0 Å². The minimum absolute atomic E-state index is 0.0696. The van der Waals surface area contributed by atoms with E-state index < -0.39 is 0 Å². The van der Waals surface area contributed by atoms with Gasteiger partial charge in [0, 0.05) is 18.0 Å². The Morgan fingerprint density at radius 2 is 2.04 bits per heavy atom. The van der Waals surface area contributed by atoms with Gasteiger partial charge >= 0.3 is 0 Å². The number of hydrogen-bond donors (Lipinski definition) is 0. The second-order valence-corrected chi connectivity index (χ2v) is 6.69. The normalized spacial score (nSPS) is 16.8. The molecule has 0 unspecified atom stereocenters. The third kappa shape index (κ3) is 3.46. The molecule has 0 spiro atoms. The van der Waals surface area contributed by atoms with Crippen LogP contribution < -0.4 is 0 Å². The molecule has 0 bridgehead atoms. The van der Waals surface area contributed by atoms with Crippen LogP contribution in [0.15, 0.2) is 53.3 Å². The number of rotatable bonds is 4. The third-order valence-corrected chi connectivity index (χ3v) is 4.74. The lowest BCUT2D eigenvalue weighted by Crippen LogP contribution is -2.30. The summed E-state index contributed by atoms with van der Waals surface area (Å²) in [5.74, 6) is 1.29. The summed E-state index contributed by atoms with van der Waals surface area (Å²) in [5.41, 5.74) is 1.62. The first-order valence-corrected chi connectivity index (χ1v) is 8.85. The molecule has 26 heavy (non-hydrogen) atoms. The Morgan fingerprint density at radius 1 is 1.19 bits per heavy atom. The van der Waals surface area contributed by atoms with Crippen molar-refractivity contribution in [2.75, 3.05) is 6.54 Å². The Labute approximate surface area is 155 Å². The molecule has 0 saturated carbocycles. The van der Waals surface area contributed by atoms with Crippen molar-refractivity contribution >= 4 is 17.5 Å². The molecule has 2 aromatic heterocycles. The Hall–Kier alpha value is -2.73. The van der Waals surface area contributed by atoms with Gasteiger partial charge < -0.3 is 9.32 Å². The quantitative estimate of drug-likeness (QED) is 0.702. The summed E-state index contributed by atoms with van der Waals surface area (Å²) in [7, 11) is 0. The Morgan fingerprint density at radius 3 is 2.81 bits per heavy atom. The van der Waals surface area contributed by atoms with Gasteiger partial charge in [0.05, 0.1) is 24.2 Å². The highest BCUT2D eigenvalue weighted by Crippen LogP contribution is 2.33. The van der Waals surface area contributed by atoms with Crippen LogP contribution in [0, 0.1) is 0 Å². The van der Waals surface area contributed by atoms with E-state index in [-0.39, 0.29) is 11.9 Å². The number of oxazole rings is 1. The lowest BCUT2D eigenvalue weighted by atomic mass is 10.1. The third-order valence-electron chi connectivity index (χ3n) is 4.49. The summed E-state index contributed by atoms with van der Waals surface area (Å²) in [5, 5.41) is 8.21. The number of halogens is 1. The molecule has 0 radical (unpaired) electrons. The fourth-order valence-corrected chi connectivity index (χ4v) is 3.34. The van der Waals surface area contributed by atoms with Gasteiger partial charge in [0.2, 0.25) is 5.89 Å². The smallest absolute Gasteiger partial charge is 0.256 e. The van der Waals surface area contributed by atoms with Crippen molar-refractivity contribution in [3.63, 3.8) is 0 Å². The van der Waals surface area contributed by atoms with Gasteiger partial charge in [-0.05, 0) is 36.6 Å². The average Bonchev–Trinajstić information content (AvgIpc) is 3.33. The van der Waals surface area contributed by atoms with Crippen LogP contribution in [-0.4, -0.2) is 32.5 Å². The van der Waals surface area contributed by atoms with Crippen LogP contribution in [-0.2, 0) is 6.42 Å². The number of nitrogens with zero attached hydrogens (tertiary/aromatic N) is 4. The van der Waals surface area contributed by atoms with E-state index in [2.05, 4.69) is 15.2 Å². The van der Waals surface area contributed by atoms with Crippen molar-refractivity contribution in [3.05, 3.63) is 76.7 Å². The molecule has 1 aromatic carbocycles. The molecule has 6 nitrogen and oxygen atoms in total. The van der Waals surface area contributed by atoms with Gasteiger partial charge in [0.15, 0.2) is 0 Å². The highest BCUT2D eigenvalue weighted by molar-refractivity contribution is 6.30. The number of carbonyl (C=O) groups excluding carboxylic acids is 1. The zero-order valence-electron chi connectivity index (χ0n) is 14.0. The van der Waals surface area contributed by atoms with Gasteiger partial charge in [-0.25, -0.2) is 4.98 Å². The first-order chi connectivity index (χ1) is 12.7. The average molecular weight is 369 g/mol. The molecule has 3 heterocycles. The van der Waals surface area contributed by atoms with Crippen LogP contribution >= 0.6 is 11.6 Å². The van der Waals surface area contributed by atoms with E-state index in [1.807, 2.05) is 24.3 Å². The molecular weight excluding hydrogens is 352 g/mol. The molecule has 7 heteroatoms. The molecule has 1 fully saturated rings. The molecule has 0 N–H and O–H groups in total. The first-order valence-electron chi connectivity index (χ1n) is 8.47. The predicted octanol–water partition coefficient (Wildman–Crippen LogP) is 3.69. The van der Waals surface area contributed by atoms with Crippen molar-refractivity contribution in [2.45, 2.75) is 25.3 Å². The Balaban J connectivity index is 1.51. The Kier molecular flexibility index (Phi) is 4.67. The maximum atomic E-state index is 12.7. The van der Waals surface area contributed by atoms with E-state index in [0.29, 0.717) is 29.4 Å². The highest BCUT2D eigenvalue weighted by Gasteiger charge is 2.33. The summed E-state index contributed by atoms with van der Waals surface area (Å²) in [6.07, 6.45) is 7.14. The lowest BCUT2D eigenvalue weighted by Gasteiger charge is -2.22. The monoisotopic (exact) mass is 368 g/mol. The zero-order valence-corrected chi connectivity index (χ0v) is 14.8. The second-order valence-electron chi connectivity index (χ2n) is 6.26. The summed E-state index contributed by atoms with van der Waals surface area (Å²) < 4.78 is 5.95. The van der Waals surface area contributed by atoms with Gasteiger partial charge in [-0.2, -0.15) is 10.2 Å².